The maximum Gasteiger partial charge on any atom is 0.127 e. The fourth-order valence-corrected chi connectivity index (χ4v) is 2.90. The minimum atomic E-state index is 1.06. The Kier molecular flexibility index (Phi) is 2.18. The van der Waals surface area contributed by atoms with Crippen molar-refractivity contribution in [3.63, 3.8) is 0 Å². The standard InChI is InChI=1S/C13H10N2S/c1-9-12(10-5-3-2-4-6-10)11-7-14-8-15-13(11)16-9/h2-8H,1H3. The van der Waals surface area contributed by atoms with Gasteiger partial charge in [0.1, 0.15) is 11.2 Å². The van der Waals surface area contributed by atoms with Gasteiger partial charge in [-0.2, -0.15) is 0 Å². The van der Waals surface area contributed by atoms with Crippen LogP contribution in [-0.2, 0) is 0 Å². The first-order valence-corrected chi connectivity index (χ1v) is 5.92. The van der Waals surface area contributed by atoms with Gasteiger partial charge in [0.15, 0.2) is 0 Å². The average molecular weight is 226 g/mol. The fourth-order valence-electron chi connectivity index (χ4n) is 1.92. The van der Waals surface area contributed by atoms with Crippen LogP contribution in [-0.4, -0.2) is 9.97 Å². The highest BCUT2D eigenvalue weighted by atomic mass is 32.1. The normalized spacial score (nSPS) is 10.8. The molecule has 2 heterocycles. The molecule has 0 fully saturated rings. The number of thiophene rings is 1. The molecule has 3 rings (SSSR count). The Morgan fingerprint density at radius 2 is 1.94 bits per heavy atom. The van der Waals surface area contributed by atoms with Crippen molar-refractivity contribution in [2.45, 2.75) is 6.92 Å². The van der Waals surface area contributed by atoms with Crippen LogP contribution in [0, 0.1) is 6.92 Å². The highest BCUT2D eigenvalue weighted by Gasteiger charge is 2.11. The van der Waals surface area contributed by atoms with E-state index in [1.54, 1.807) is 17.7 Å². The summed E-state index contributed by atoms with van der Waals surface area (Å²) < 4.78 is 0. The molecule has 0 atom stereocenters. The topological polar surface area (TPSA) is 25.8 Å². The molecule has 0 aliphatic heterocycles. The first kappa shape index (κ1) is 9.48. The molecule has 78 valence electrons. The van der Waals surface area contributed by atoms with E-state index in [2.05, 4.69) is 41.2 Å². The van der Waals surface area contributed by atoms with Crippen LogP contribution in [0.2, 0.25) is 0 Å². The van der Waals surface area contributed by atoms with E-state index in [1.807, 2.05) is 12.3 Å². The lowest BCUT2D eigenvalue weighted by Crippen LogP contribution is -1.79. The third kappa shape index (κ3) is 1.41. The quantitative estimate of drug-likeness (QED) is 0.632. The zero-order valence-electron chi connectivity index (χ0n) is 8.84. The molecule has 0 spiro atoms. The Morgan fingerprint density at radius 1 is 1.12 bits per heavy atom. The summed E-state index contributed by atoms with van der Waals surface area (Å²) >= 11 is 1.72. The van der Waals surface area contributed by atoms with Crippen molar-refractivity contribution >= 4 is 21.6 Å². The summed E-state index contributed by atoms with van der Waals surface area (Å²) in [5, 5.41) is 1.15. The smallest absolute Gasteiger partial charge is 0.127 e. The van der Waals surface area contributed by atoms with Crippen LogP contribution < -0.4 is 0 Å². The molecule has 2 nitrogen and oxygen atoms in total. The molecule has 0 aliphatic rings. The second-order valence-corrected chi connectivity index (χ2v) is 4.84. The van der Waals surface area contributed by atoms with E-state index in [9.17, 15) is 0 Å². The minimum absolute atomic E-state index is 1.06. The number of fused-ring (bicyclic) bond motifs is 1. The van der Waals surface area contributed by atoms with Gasteiger partial charge in [0, 0.05) is 22.0 Å². The van der Waals surface area contributed by atoms with Gasteiger partial charge in [-0.3, -0.25) is 0 Å². The van der Waals surface area contributed by atoms with Gasteiger partial charge >= 0.3 is 0 Å². The van der Waals surface area contributed by atoms with Gasteiger partial charge in [-0.15, -0.1) is 11.3 Å². The Morgan fingerprint density at radius 3 is 2.75 bits per heavy atom. The van der Waals surface area contributed by atoms with Gasteiger partial charge in [-0.1, -0.05) is 30.3 Å². The molecule has 2 aromatic heterocycles. The van der Waals surface area contributed by atoms with Crippen molar-refractivity contribution in [3.8, 4) is 11.1 Å². The maximum absolute atomic E-state index is 4.30. The molecule has 0 saturated heterocycles. The highest BCUT2D eigenvalue weighted by Crippen LogP contribution is 2.36. The van der Waals surface area contributed by atoms with Crippen molar-refractivity contribution in [3.05, 3.63) is 47.7 Å². The Balaban J connectivity index is 2.35. The number of rotatable bonds is 1. The summed E-state index contributed by atoms with van der Waals surface area (Å²) in [7, 11) is 0. The molecule has 0 unspecified atom stereocenters. The Labute approximate surface area is 97.6 Å². The third-order valence-electron chi connectivity index (χ3n) is 2.61. The zero-order chi connectivity index (χ0) is 11.0. The number of aromatic nitrogens is 2. The molecule has 1 aromatic carbocycles. The Bertz CT molecular complexity index is 629. The van der Waals surface area contributed by atoms with Crippen LogP contribution in [0.4, 0.5) is 0 Å². The fraction of sp³-hybridized carbons (Fsp3) is 0.0769. The van der Waals surface area contributed by atoms with E-state index in [-0.39, 0.29) is 0 Å². The van der Waals surface area contributed by atoms with E-state index >= 15 is 0 Å². The van der Waals surface area contributed by atoms with Gasteiger partial charge in [-0.05, 0) is 12.5 Å². The summed E-state index contributed by atoms with van der Waals surface area (Å²) in [6, 6.07) is 10.4. The summed E-state index contributed by atoms with van der Waals surface area (Å²) in [5.74, 6) is 0. The highest BCUT2D eigenvalue weighted by molar-refractivity contribution is 7.19. The predicted molar refractivity (Wildman–Crippen MR) is 67.6 cm³/mol. The lowest BCUT2D eigenvalue weighted by molar-refractivity contribution is 1.23. The van der Waals surface area contributed by atoms with Crippen molar-refractivity contribution in [2.75, 3.05) is 0 Å². The number of benzene rings is 1. The number of nitrogens with zero attached hydrogens (tertiary/aromatic N) is 2. The van der Waals surface area contributed by atoms with Crippen molar-refractivity contribution in [1.82, 2.24) is 9.97 Å². The van der Waals surface area contributed by atoms with Gasteiger partial charge in [0.2, 0.25) is 0 Å². The average Bonchev–Trinajstić information content (AvgIpc) is 2.66. The number of hydrogen-bond donors (Lipinski definition) is 0. The summed E-state index contributed by atoms with van der Waals surface area (Å²) in [5.41, 5.74) is 2.50. The number of hydrogen-bond acceptors (Lipinski definition) is 3. The summed E-state index contributed by atoms with van der Waals surface area (Å²) in [6.07, 6.45) is 3.50. The first-order chi connectivity index (χ1) is 7.86. The maximum atomic E-state index is 4.30. The molecular formula is C13H10N2S. The second-order valence-electron chi connectivity index (χ2n) is 3.64. The van der Waals surface area contributed by atoms with Crippen LogP contribution in [0.5, 0.6) is 0 Å². The zero-order valence-corrected chi connectivity index (χ0v) is 9.66. The van der Waals surface area contributed by atoms with E-state index < -0.39 is 0 Å². The summed E-state index contributed by atoms with van der Waals surface area (Å²) in [4.78, 5) is 10.8. The van der Waals surface area contributed by atoms with Crippen LogP contribution in [0.1, 0.15) is 4.88 Å². The molecule has 0 amide bonds. The predicted octanol–water partition coefficient (Wildman–Crippen LogP) is 3.67. The molecule has 0 aliphatic carbocycles. The van der Waals surface area contributed by atoms with Gasteiger partial charge < -0.3 is 0 Å². The SMILES string of the molecule is Cc1sc2ncncc2c1-c1ccccc1. The van der Waals surface area contributed by atoms with E-state index in [0.717, 1.165) is 10.2 Å². The van der Waals surface area contributed by atoms with Crippen LogP contribution in [0.3, 0.4) is 0 Å². The van der Waals surface area contributed by atoms with Crippen molar-refractivity contribution < 1.29 is 0 Å². The molecule has 0 bridgehead atoms. The summed E-state index contributed by atoms with van der Waals surface area (Å²) in [6.45, 7) is 2.13. The van der Waals surface area contributed by atoms with Gasteiger partial charge in [-0.25, -0.2) is 9.97 Å². The first-order valence-electron chi connectivity index (χ1n) is 5.11. The molecule has 0 N–H and O–H groups in total. The molecule has 0 radical (unpaired) electrons. The lowest BCUT2D eigenvalue weighted by Gasteiger charge is -2.00. The molecular weight excluding hydrogens is 216 g/mol. The second kappa shape index (κ2) is 3.68. The van der Waals surface area contributed by atoms with E-state index in [1.165, 1.54) is 16.0 Å². The van der Waals surface area contributed by atoms with Gasteiger partial charge in [0.05, 0.1) is 0 Å². The van der Waals surface area contributed by atoms with Crippen molar-refractivity contribution in [1.29, 1.82) is 0 Å². The monoisotopic (exact) mass is 226 g/mol. The van der Waals surface area contributed by atoms with Crippen LogP contribution >= 0.6 is 11.3 Å². The molecule has 16 heavy (non-hydrogen) atoms. The number of aryl methyl sites for hydroxylation is 1. The van der Waals surface area contributed by atoms with Crippen LogP contribution in [0.25, 0.3) is 21.3 Å². The molecule has 3 heteroatoms. The van der Waals surface area contributed by atoms with Crippen LogP contribution in [0.15, 0.2) is 42.9 Å². The molecule has 3 aromatic rings. The largest absolute Gasteiger partial charge is 0.244 e. The molecule has 0 saturated carbocycles. The van der Waals surface area contributed by atoms with Gasteiger partial charge in [0.25, 0.3) is 0 Å². The minimum Gasteiger partial charge on any atom is -0.244 e. The van der Waals surface area contributed by atoms with E-state index in [4.69, 9.17) is 0 Å². The van der Waals surface area contributed by atoms with Crippen molar-refractivity contribution in [2.24, 2.45) is 0 Å². The third-order valence-corrected chi connectivity index (χ3v) is 3.64. The lowest BCUT2D eigenvalue weighted by atomic mass is 10.0. The van der Waals surface area contributed by atoms with E-state index in [0.29, 0.717) is 0 Å². The Hall–Kier alpha value is -1.74.